The summed E-state index contributed by atoms with van der Waals surface area (Å²) in [4.78, 5) is 13.6. The molecule has 1 aromatic rings. The Hall–Kier alpha value is -0.610. The second-order valence-corrected chi connectivity index (χ2v) is 6.74. The molecule has 2 nitrogen and oxygen atoms in total. The van der Waals surface area contributed by atoms with Gasteiger partial charge in [-0.1, -0.05) is 0 Å². The van der Waals surface area contributed by atoms with E-state index in [9.17, 15) is 9.18 Å². The minimum absolute atomic E-state index is 0.258. The van der Waals surface area contributed by atoms with Crippen LogP contribution in [0.25, 0.3) is 0 Å². The number of hydrogen-bond donors (Lipinski definition) is 0. The van der Waals surface area contributed by atoms with Crippen LogP contribution in [0.5, 0.6) is 0 Å². The number of carbonyl (C=O) groups is 1. The Kier molecular flexibility index (Phi) is 3.34. The van der Waals surface area contributed by atoms with Crippen molar-refractivity contribution in [2.75, 3.05) is 18.0 Å². The van der Waals surface area contributed by atoms with Crippen LogP contribution in [0.4, 0.5) is 10.1 Å². The molecule has 1 heterocycles. The Bertz CT molecular complexity index is 534. The van der Waals surface area contributed by atoms with Gasteiger partial charge in [0.2, 0.25) is 0 Å². The number of benzene rings is 1. The summed E-state index contributed by atoms with van der Waals surface area (Å²) in [5.74, 6) is -0.455. The van der Waals surface area contributed by atoms with E-state index in [2.05, 4.69) is 20.8 Å². The van der Waals surface area contributed by atoms with E-state index < -0.39 is 11.1 Å². The summed E-state index contributed by atoms with van der Waals surface area (Å²) in [6, 6.07) is 2.88. The summed E-state index contributed by atoms with van der Waals surface area (Å²) in [6.07, 6.45) is 4.96. The van der Waals surface area contributed by atoms with Crippen molar-refractivity contribution in [2.45, 2.75) is 25.7 Å². The normalized spacial score (nSPS) is 20.7. The number of anilines is 1. The molecule has 1 saturated carbocycles. The van der Waals surface area contributed by atoms with E-state index in [0.29, 0.717) is 9.89 Å². The fourth-order valence-electron chi connectivity index (χ4n) is 2.85. The van der Waals surface area contributed by atoms with E-state index in [4.69, 9.17) is 11.6 Å². The van der Waals surface area contributed by atoms with Crippen molar-refractivity contribution in [2.24, 2.45) is 5.41 Å². The molecular weight excluding hydrogens is 333 g/mol. The molecule has 2 aliphatic rings. The largest absolute Gasteiger partial charge is 0.371 e. The molecule has 0 atom stereocenters. The second-order valence-electron chi connectivity index (χ2n) is 5.54. The van der Waals surface area contributed by atoms with Crippen molar-refractivity contribution < 1.29 is 9.18 Å². The van der Waals surface area contributed by atoms with Gasteiger partial charge in [-0.15, -0.1) is 0 Å². The van der Waals surface area contributed by atoms with Gasteiger partial charge >= 0.3 is 0 Å². The molecule has 0 amide bonds. The number of rotatable bonds is 2. The van der Waals surface area contributed by atoms with Crippen LogP contribution in [-0.4, -0.2) is 18.3 Å². The van der Waals surface area contributed by atoms with Crippen molar-refractivity contribution in [3.63, 3.8) is 0 Å². The van der Waals surface area contributed by atoms with Crippen molar-refractivity contribution in [3.05, 3.63) is 28.0 Å². The zero-order valence-electron chi connectivity index (χ0n) is 10.4. The highest BCUT2D eigenvalue weighted by Crippen LogP contribution is 2.54. The Morgan fingerprint density at radius 1 is 1.26 bits per heavy atom. The number of hydrogen-bond acceptors (Lipinski definition) is 2. The number of halogens is 3. The lowest BCUT2D eigenvalue weighted by Gasteiger charge is -2.34. The minimum atomic E-state index is -0.604. The van der Waals surface area contributed by atoms with Crippen LogP contribution in [0, 0.1) is 11.2 Å². The monoisotopic (exact) mass is 345 g/mol. The van der Waals surface area contributed by atoms with Crippen LogP contribution in [0.2, 0.25) is 0 Å². The van der Waals surface area contributed by atoms with Crippen LogP contribution in [0.1, 0.15) is 36.0 Å². The lowest BCUT2D eigenvalue weighted by Crippen LogP contribution is -2.35. The van der Waals surface area contributed by atoms with Crippen LogP contribution >= 0.6 is 27.5 Å². The van der Waals surface area contributed by atoms with E-state index in [-0.39, 0.29) is 5.56 Å². The Morgan fingerprint density at radius 2 is 1.89 bits per heavy atom. The molecular formula is C14H14BrClFNO. The molecule has 19 heavy (non-hydrogen) atoms. The zero-order valence-corrected chi connectivity index (χ0v) is 12.7. The van der Waals surface area contributed by atoms with Crippen molar-refractivity contribution in [3.8, 4) is 0 Å². The molecule has 1 aromatic carbocycles. The van der Waals surface area contributed by atoms with Gasteiger partial charge < -0.3 is 4.90 Å². The van der Waals surface area contributed by atoms with Gasteiger partial charge in [-0.25, -0.2) is 4.39 Å². The predicted octanol–water partition coefficient (Wildman–Crippen LogP) is 4.35. The van der Waals surface area contributed by atoms with Gasteiger partial charge in [0, 0.05) is 13.1 Å². The minimum Gasteiger partial charge on any atom is -0.371 e. The van der Waals surface area contributed by atoms with E-state index in [1.807, 2.05) is 0 Å². The van der Waals surface area contributed by atoms with Crippen molar-refractivity contribution in [1.82, 2.24) is 0 Å². The number of nitrogens with zero attached hydrogens (tertiary/aromatic N) is 1. The summed E-state index contributed by atoms with van der Waals surface area (Å²) in [6.45, 7) is 1.82. The molecule has 1 aliphatic heterocycles. The summed E-state index contributed by atoms with van der Waals surface area (Å²) in [7, 11) is 0. The Labute approximate surface area is 125 Å². The van der Waals surface area contributed by atoms with Gasteiger partial charge in [0.1, 0.15) is 5.82 Å². The highest BCUT2D eigenvalue weighted by atomic mass is 79.9. The molecule has 102 valence electrons. The first-order valence-corrected chi connectivity index (χ1v) is 7.62. The molecule has 0 aromatic heterocycles. The van der Waals surface area contributed by atoms with E-state index >= 15 is 0 Å². The smallest absolute Gasteiger partial charge is 0.254 e. The maximum absolute atomic E-state index is 13.5. The highest BCUT2D eigenvalue weighted by Gasteiger charge is 2.44. The first-order chi connectivity index (χ1) is 9.01. The number of carbonyl (C=O) groups excluding carboxylic acids is 1. The molecule has 5 heteroatoms. The van der Waals surface area contributed by atoms with Crippen molar-refractivity contribution >= 4 is 38.5 Å². The van der Waals surface area contributed by atoms with Crippen LogP contribution in [0.15, 0.2) is 16.6 Å². The quantitative estimate of drug-likeness (QED) is 0.742. The first-order valence-electron chi connectivity index (χ1n) is 6.45. The van der Waals surface area contributed by atoms with Crippen molar-refractivity contribution in [1.29, 1.82) is 0 Å². The van der Waals surface area contributed by atoms with Gasteiger partial charge in [0.15, 0.2) is 0 Å². The summed E-state index contributed by atoms with van der Waals surface area (Å²) < 4.78 is 13.9. The van der Waals surface area contributed by atoms with E-state index in [1.165, 1.54) is 18.9 Å². The molecule has 1 spiro atoms. The van der Waals surface area contributed by atoms with E-state index in [0.717, 1.165) is 31.6 Å². The fourth-order valence-corrected chi connectivity index (χ4v) is 3.34. The predicted molar refractivity (Wildman–Crippen MR) is 77.4 cm³/mol. The third kappa shape index (κ3) is 2.52. The lowest BCUT2D eigenvalue weighted by molar-refractivity contribution is 0.108. The summed E-state index contributed by atoms with van der Waals surface area (Å²) >= 11 is 8.75. The molecule has 2 fully saturated rings. The molecule has 1 saturated heterocycles. The third-order valence-electron chi connectivity index (χ3n) is 4.37. The molecule has 0 bridgehead atoms. The lowest BCUT2D eigenvalue weighted by atomic mass is 9.93. The maximum Gasteiger partial charge on any atom is 0.254 e. The molecule has 3 rings (SSSR count). The average Bonchev–Trinajstić information content (AvgIpc) is 3.13. The van der Waals surface area contributed by atoms with Gasteiger partial charge in [-0.3, -0.25) is 4.79 Å². The zero-order chi connectivity index (χ0) is 13.6. The van der Waals surface area contributed by atoms with Crippen LogP contribution < -0.4 is 4.90 Å². The molecule has 1 aliphatic carbocycles. The highest BCUT2D eigenvalue weighted by molar-refractivity contribution is 9.10. The molecule has 0 radical (unpaired) electrons. The topological polar surface area (TPSA) is 20.3 Å². The van der Waals surface area contributed by atoms with Crippen LogP contribution in [-0.2, 0) is 0 Å². The molecule has 0 N–H and O–H groups in total. The Balaban J connectivity index is 1.90. The third-order valence-corrected chi connectivity index (χ3v) is 5.18. The second kappa shape index (κ2) is 4.74. The average molecular weight is 347 g/mol. The number of piperidine rings is 1. The SMILES string of the molecule is O=C(Cl)c1cc(F)c(Br)cc1N1CCC2(CC1)CC2. The van der Waals surface area contributed by atoms with Gasteiger partial charge in [0.25, 0.3) is 5.24 Å². The van der Waals surface area contributed by atoms with Gasteiger partial charge in [-0.05, 0) is 70.8 Å². The first kappa shape index (κ1) is 13.4. The summed E-state index contributed by atoms with van der Waals surface area (Å²) in [5, 5.41) is -0.604. The van der Waals surface area contributed by atoms with Gasteiger partial charge in [0.05, 0.1) is 15.7 Å². The summed E-state index contributed by atoms with van der Waals surface area (Å²) in [5.41, 5.74) is 1.57. The van der Waals surface area contributed by atoms with Gasteiger partial charge in [-0.2, -0.15) is 0 Å². The van der Waals surface area contributed by atoms with Crippen LogP contribution in [0.3, 0.4) is 0 Å². The standard InChI is InChI=1S/C14H14BrClFNO/c15-10-8-12(9(13(16)19)7-11(10)17)18-5-3-14(1-2-14)4-6-18/h7-8H,1-6H2. The maximum atomic E-state index is 13.5. The fraction of sp³-hybridized carbons (Fsp3) is 0.500. The Morgan fingerprint density at radius 3 is 2.42 bits per heavy atom. The van der Waals surface area contributed by atoms with E-state index in [1.54, 1.807) is 6.07 Å². The molecule has 0 unspecified atom stereocenters.